The lowest BCUT2D eigenvalue weighted by Crippen LogP contribution is -1.98. The van der Waals surface area contributed by atoms with Gasteiger partial charge in [-0.25, -0.2) is 0 Å². The zero-order valence-corrected chi connectivity index (χ0v) is 22.9. The van der Waals surface area contributed by atoms with Crippen LogP contribution in [0.1, 0.15) is 23.1 Å². The third kappa shape index (κ3) is 5.23. The smallest absolute Gasteiger partial charge is 0.122 e. The molecule has 0 fully saturated rings. The first-order chi connectivity index (χ1) is 19.8. The average molecular weight is 528 g/mol. The van der Waals surface area contributed by atoms with Gasteiger partial charge in [-0.3, -0.25) is 0 Å². The Morgan fingerprint density at radius 3 is 1.77 bits per heavy atom. The van der Waals surface area contributed by atoms with E-state index in [1.54, 1.807) is 0 Å². The third-order valence-corrected chi connectivity index (χ3v) is 8.61. The molecule has 5 aromatic carbocycles. The van der Waals surface area contributed by atoms with Crippen LogP contribution in [0.2, 0.25) is 0 Å². The van der Waals surface area contributed by atoms with Gasteiger partial charge in [0.2, 0.25) is 0 Å². The molecule has 1 aliphatic heterocycles. The first kappa shape index (κ1) is 24.3. The summed E-state index contributed by atoms with van der Waals surface area (Å²) < 4.78 is 2.70. The van der Waals surface area contributed by atoms with E-state index in [-0.39, 0.29) is 0 Å². The summed E-state index contributed by atoms with van der Waals surface area (Å²) in [7, 11) is 1.88. The molecule has 0 saturated carbocycles. The van der Waals surface area contributed by atoms with Crippen LogP contribution in [0.3, 0.4) is 0 Å². The molecule has 2 aliphatic rings. The summed E-state index contributed by atoms with van der Waals surface area (Å²) >= 11 is 0. The van der Waals surface area contributed by atoms with Crippen LogP contribution in [-0.4, -0.2) is 0 Å². The number of hydrogen-bond donors (Lipinski definition) is 0. The molecule has 0 saturated heterocycles. The normalized spacial score (nSPS) is 13.1. The van der Waals surface area contributed by atoms with E-state index in [0.717, 1.165) is 34.4 Å². The van der Waals surface area contributed by atoms with Gasteiger partial charge in [0.05, 0.1) is 0 Å². The Morgan fingerprint density at radius 2 is 1.15 bits per heavy atom. The Hall–Kier alpha value is -4.77. The molecule has 1 heterocycles. The molecular weight excluding hydrogens is 500 g/mol. The van der Waals surface area contributed by atoms with Gasteiger partial charge in [-0.2, -0.15) is 0 Å². The predicted octanol–water partition coefficient (Wildman–Crippen LogP) is 7.63. The Morgan fingerprint density at radius 1 is 0.575 bits per heavy atom. The average Bonchev–Trinajstić information content (AvgIpc) is 3.01. The summed E-state index contributed by atoms with van der Waals surface area (Å²) in [5.41, 5.74) is 8.50. The fourth-order valence-electron chi connectivity index (χ4n) is 5.27. The van der Waals surface area contributed by atoms with Crippen LogP contribution in [0.25, 0.3) is 11.8 Å². The van der Waals surface area contributed by atoms with Crippen LogP contribution in [0, 0.1) is 29.9 Å². The fraction of sp³-hybridized carbons (Fsp3) is 0.0513. The van der Waals surface area contributed by atoms with Crippen molar-refractivity contribution in [2.75, 3.05) is 0 Å². The minimum Gasteiger partial charge on any atom is -0.136 e. The van der Waals surface area contributed by atoms with Crippen molar-refractivity contribution in [1.29, 1.82) is 0 Å². The van der Waals surface area contributed by atoms with Gasteiger partial charge >= 0.3 is 0 Å². The van der Waals surface area contributed by atoms with Crippen LogP contribution in [0.5, 0.6) is 0 Å². The fourth-order valence-corrected chi connectivity index (χ4v) is 6.30. The lowest BCUT2D eigenvalue weighted by atomic mass is 10.0. The van der Waals surface area contributed by atoms with Crippen molar-refractivity contribution in [3.05, 3.63) is 202 Å². The quantitative estimate of drug-likeness (QED) is 0.152. The standard InChI is InChI=1S/C39H27S/c1-3-7-28(8-4-1)23-30-11-15-32(16-12-30)34-19-21-38-36(25-34)27-37-26-35(20-22-39(37)40-38)33-17-13-31(14-18-33)24-29-9-5-2-6-10-29/h1,3-22,25-26H,2,27H2/q+1. The van der Waals surface area contributed by atoms with Crippen LogP contribution in [-0.2, 0) is 6.42 Å². The lowest BCUT2D eigenvalue weighted by Gasteiger charge is -2.08. The number of fused-ring (bicyclic) bond motifs is 2. The third-order valence-electron chi connectivity index (χ3n) is 7.38. The summed E-state index contributed by atoms with van der Waals surface area (Å²) in [6, 6.07) is 41.5. The maximum Gasteiger partial charge on any atom is 0.122 e. The molecule has 0 aromatic heterocycles. The number of rotatable bonds is 1. The topological polar surface area (TPSA) is 0 Å². The highest BCUT2D eigenvalue weighted by atomic mass is 32.1. The van der Waals surface area contributed by atoms with Crippen LogP contribution >= 0.6 is 10.9 Å². The molecule has 0 bridgehead atoms. The van der Waals surface area contributed by atoms with Crippen LogP contribution in [0.15, 0.2) is 145 Å². The van der Waals surface area contributed by atoms with Crippen molar-refractivity contribution in [1.82, 2.24) is 0 Å². The van der Waals surface area contributed by atoms with Gasteiger partial charge in [-0.05, 0) is 105 Å². The van der Waals surface area contributed by atoms with Gasteiger partial charge in [0.15, 0.2) is 0 Å². The van der Waals surface area contributed by atoms with E-state index in [0.29, 0.717) is 0 Å². The van der Waals surface area contributed by atoms with E-state index in [1.165, 1.54) is 41.0 Å². The molecule has 0 N–H and O–H groups in total. The van der Waals surface area contributed by atoms with Gasteiger partial charge in [-0.1, -0.05) is 48.6 Å². The van der Waals surface area contributed by atoms with Crippen LogP contribution < -0.4 is 10.4 Å². The second kappa shape index (κ2) is 10.8. The highest BCUT2D eigenvalue weighted by molar-refractivity contribution is 7.83. The van der Waals surface area contributed by atoms with E-state index in [9.17, 15) is 0 Å². The Balaban J connectivity index is 1.27. The predicted molar refractivity (Wildman–Crippen MR) is 167 cm³/mol. The lowest BCUT2D eigenvalue weighted by molar-refractivity contribution is 1.15. The SMILES string of the molecule is C(=C1C=CCC=C1)=c1ccc(=c2ccc3c(c2)Cc2cc(=c4ccc(=[C+]c5ccccc5)cc4)ccc2=S=3)cc1. The second-order valence-corrected chi connectivity index (χ2v) is 11.3. The molecule has 5 aromatic rings. The van der Waals surface area contributed by atoms with Gasteiger partial charge < -0.3 is 0 Å². The van der Waals surface area contributed by atoms with Crippen molar-refractivity contribution in [2.24, 2.45) is 0 Å². The molecule has 0 radical (unpaired) electrons. The second-order valence-electron chi connectivity index (χ2n) is 10.2. The first-order valence-corrected chi connectivity index (χ1v) is 14.5. The molecule has 7 rings (SSSR count). The monoisotopic (exact) mass is 527 g/mol. The first-order valence-electron chi connectivity index (χ1n) is 13.7. The maximum atomic E-state index is 3.49. The van der Waals surface area contributed by atoms with E-state index in [1.807, 2.05) is 29.1 Å². The minimum absolute atomic E-state index is 0.948. The molecule has 0 spiro atoms. The molecule has 0 amide bonds. The Kier molecular flexibility index (Phi) is 6.54. The van der Waals surface area contributed by atoms with Gasteiger partial charge in [0.25, 0.3) is 0 Å². The van der Waals surface area contributed by atoms with E-state index in [2.05, 4.69) is 133 Å². The van der Waals surface area contributed by atoms with E-state index in [4.69, 9.17) is 0 Å². The Labute approximate surface area is 237 Å². The molecular formula is C39H27S+. The van der Waals surface area contributed by atoms with Gasteiger partial charge in [0, 0.05) is 56.6 Å². The number of benzene rings is 5. The summed E-state index contributed by atoms with van der Waals surface area (Å²) in [6.07, 6.45) is 14.0. The minimum atomic E-state index is 0.948. The number of hydrogen-bond acceptors (Lipinski definition) is 0. The summed E-state index contributed by atoms with van der Waals surface area (Å²) in [5.74, 6) is 0. The molecule has 0 unspecified atom stereocenters. The molecule has 0 nitrogen and oxygen atoms in total. The molecule has 0 atom stereocenters. The van der Waals surface area contributed by atoms with Crippen molar-refractivity contribution < 1.29 is 0 Å². The zero-order chi connectivity index (χ0) is 26.7. The van der Waals surface area contributed by atoms with Crippen molar-refractivity contribution in [3.8, 4) is 0 Å². The highest BCUT2D eigenvalue weighted by Gasteiger charge is 2.06. The summed E-state index contributed by atoms with van der Waals surface area (Å²) in [6.45, 7) is 0. The number of allylic oxidation sites excluding steroid dienone is 5. The van der Waals surface area contributed by atoms with Crippen molar-refractivity contribution in [3.63, 3.8) is 0 Å². The summed E-state index contributed by atoms with van der Waals surface area (Å²) in [4.78, 5) is 0. The van der Waals surface area contributed by atoms with E-state index < -0.39 is 0 Å². The summed E-state index contributed by atoms with van der Waals surface area (Å²) in [5, 5.41) is 7.19. The molecule has 188 valence electrons. The Bertz CT molecular complexity index is 2270. The maximum absolute atomic E-state index is 3.49. The molecule has 1 heteroatoms. The zero-order valence-electron chi connectivity index (χ0n) is 22.1. The van der Waals surface area contributed by atoms with Crippen molar-refractivity contribution >= 4 is 22.7 Å². The highest BCUT2D eigenvalue weighted by Crippen LogP contribution is 2.20. The van der Waals surface area contributed by atoms with E-state index >= 15 is 0 Å². The van der Waals surface area contributed by atoms with Crippen molar-refractivity contribution in [2.45, 2.75) is 12.8 Å². The largest absolute Gasteiger partial charge is 0.136 e. The van der Waals surface area contributed by atoms with Gasteiger partial charge in [-0.15, -0.1) is 16.7 Å². The molecule has 1 aliphatic carbocycles. The van der Waals surface area contributed by atoms with Gasteiger partial charge in [0.1, 0.15) is 10.8 Å². The molecule has 40 heavy (non-hydrogen) atoms. The van der Waals surface area contributed by atoms with Crippen LogP contribution in [0.4, 0.5) is 0 Å².